The van der Waals surface area contributed by atoms with Crippen LogP contribution in [0.1, 0.15) is 11.4 Å². The summed E-state index contributed by atoms with van der Waals surface area (Å²) in [5.74, 6) is -3.87. The zero-order valence-electron chi connectivity index (χ0n) is 22.8. The van der Waals surface area contributed by atoms with Gasteiger partial charge >= 0.3 is 69.1 Å². The molecule has 46 heavy (non-hydrogen) atoms. The van der Waals surface area contributed by atoms with Crippen LogP contribution in [0.15, 0.2) is 101 Å². The minimum Gasteiger partial charge on any atom is -0.475 e. The number of fused-ring (bicyclic) bond motifs is 2. The van der Waals surface area contributed by atoms with Crippen molar-refractivity contribution in [3.8, 4) is 0 Å². The van der Waals surface area contributed by atoms with E-state index >= 15 is 0 Å². The molecule has 3 heterocycles. The van der Waals surface area contributed by atoms with Gasteiger partial charge in [-0.15, -0.1) is 23.5 Å². The van der Waals surface area contributed by atoms with Crippen LogP contribution in [0, 0.1) is 0 Å². The van der Waals surface area contributed by atoms with Crippen LogP contribution < -0.4 is 0 Å². The van der Waals surface area contributed by atoms with Gasteiger partial charge in [0.15, 0.2) is 0 Å². The predicted molar refractivity (Wildman–Crippen MR) is 154 cm³/mol. The molecule has 5 aromatic rings. The Hall–Kier alpha value is -2.89. The topological polar surface area (TPSA) is 113 Å². The minimum atomic E-state index is -5.08. The third-order valence-corrected chi connectivity index (χ3v) is 7.45. The van der Waals surface area contributed by atoms with Gasteiger partial charge in [0.1, 0.15) is 0 Å². The first-order valence-corrected chi connectivity index (χ1v) is 14.2. The van der Waals surface area contributed by atoms with Crippen LogP contribution in [-0.4, -0.2) is 49.5 Å². The van der Waals surface area contributed by atoms with Crippen LogP contribution in [-0.2, 0) is 65.9 Å². The molecule has 7 nitrogen and oxygen atoms in total. The fourth-order valence-electron chi connectivity index (χ4n) is 3.38. The van der Waals surface area contributed by atoms with E-state index in [2.05, 4.69) is 76.7 Å². The van der Waals surface area contributed by atoms with Crippen molar-refractivity contribution < 1.29 is 90.9 Å². The molecule has 3 aromatic heterocycles. The number of rotatable bonds is 6. The van der Waals surface area contributed by atoms with Crippen molar-refractivity contribution in [1.82, 2.24) is 15.0 Å². The molecule has 0 saturated heterocycles. The third kappa shape index (κ3) is 13.1. The van der Waals surface area contributed by atoms with E-state index in [1.807, 2.05) is 24.5 Å². The largest absolute Gasteiger partial charge is 1.00 e. The van der Waals surface area contributed by atoms with E-state index in [0.29, 0.717) is 0 Å². The fraction of sp³-hybridized carbons (Fsp3) is 0.138. The van der Waals surface area contributed by atoms with Gasteiger partial charge in [-0.05, 0) is 36.4 Å². The third-order valence-electron chi connectivity index (χ3n) is 5.29. The summed E-state index contributed by atoms with van der Waals surface area (Å²) < 4.78 is 63.5. The zero-order valence-corrected chi connectivity index (χ0v) is 27.4. The number of nitrogens with zero attached hydrogens (tertiary/aromatic N) is 3. The molecule has 0 spiro atoms. The van der Waals surface area contributed by atoms with Gasteiger partial charge < -0.3 is 10.2 Å². The number of thioether (sulfide) groups is 2. The maximum Gasteiger partial charge on any atom is 1.00 e. The number of aromatic nitrogens is 3. The second-order valence-corrected chi connectivity index (χ2v) is 10.5. The van der Waals surface area contributed by atoms with Crippen molar-refractivity contribution >= 4 is 57.3 Å². The number of para-hydroxylation sites is 2. The SMILES string of the molecule is O=C(O)C(F)(F)F.O=C(O)C(F)(F)F.[Ag+].[Ag+].c1cc(CSc2cccc3cccnc23)nc(CSc2cccc3cccnc23)c1. The summed E-state index contributed by atoms with van der Waals surface area (Å²) >= 11 is 3.57. The van der Waals surface area contributed by atoms with Crippen molar-refractivity contribution in [2.45, 2.75) is 33.6 Å². The first-order valence-electron chi connectivity index (χ1n) is 12.2. The van der Waals surface area contributed by atoms with Crippen molar-refractivity contribution in [3.63, 3.8) is 0 Å². The Morgan fingerprint density at radius 3 is 1.26 bits per heavy atom. The first-order chi connectivity index (χ1) is 20.8. The van der Waals surface area contributed by atoms with Gasteiger partial charge in [-0.1, -0.05) is 42.5 Å². The quantitative estimate of drug-likeness (QED) is 0.0996. The zero-order chi connectivity index (χ0) is 32.3. The Balaban J connectivity index is 0.000000560. The average molecular weight is 869 g/mol. The van der Waals surface area contributed by atoms with Crippen LogP contribution in [0.2, 0.25) is 0 Å². The van der Waals surface area contributed by atoms with E-state index in [0.717, 1.165) is 33.9 Å². The standard InChI is InChI=1S/C25H19N3S2.2C2HF3O2.2Ag/c1-6-18-8-4-14-26-24(18)22(12-1)29-16-20-10-3-11-21(28-20)17-30-23-13-2-7-19-9-5-15-27-25(19)23;2*3-2(4,5)1(6)7;;/h1-15H,16-17H2;2*(H,6,7);;/q;;;2*+1. The van der Waals surface area contributed by atoms with Gasteiger partial charge in [-0.2, -0.15) is 26.3 Å². The van der Waals surface area contributed by atoms with Crippen molar-refractivity contribution in [3.05, 3.63) is 103 Å². The van der Waals surface area contributed by atoms with Crippen LogP contribution in [0.4, 0.5) is 26.3 Å². The molecule has 0 aliphatic carbocycles. The van der Waals surface area contributed by atoms with Gasteiger partial charge in [0.2, 0.25) is 0 Å². The molecule has 0 aliphatic heterocycles. The summed E-state index contributed by atoms with van der Waals surface area (Å²) in [6, 6.07) is 27.1. The fourth-order valence-corrected chi connectivity index (χ4v) is 5.27. The molecule has 2 N–H and O–H groups in total. The van der Waals surface area contributed by atoms with Gasteiger partial charge in [0, 0.05) is 44.5 Å². The maximum atomic E-state index is 10.6. The number of carboxylic acids is 2. The van der Waals surface area contributed by atoms with Crippen LogP contribution >= 0.6 is 23.5 Å². The first kappa shape index (κ1) is 41.1. The van der Waals surface area contributed by atoms with Gasteiger partial charge in [-0.3, -0.25) is 15.0 Å². The Labute approximate surface area is 297 Å². The van der Waals surface area contributed by atoms with Gasteiger partial charge in [0.05, 0.1) is 22.4 Å². The summed E-state index contributed by atoms with van der Waals surface area (Å²) in [5, 5.41) is 16.6. The number of alkyl halides is 6. The summed E-state index contributed by atoms with van der Waals surface area (Å²) in [7, 11) is 0. The smallest absolute Gasteiger partial charge is 0.475 e. The number of carbonyl (C=O) groups is 2. The molecule has 17 heteroatoms. The minimum absolute atomic E-state index is 0. The van der Waals surface area contributed by atoms with Crippen LogP contribution in [0.3, 0.4) is 0 Å². The molecule has 0 aliphatic rings. The molecule has 5 rings (SSSR count). The number of carboxylic acid groups (broad SMARTS) is 2. The molecule has 0 fully saturated rings. The van der Waals surface area contributed by atoms with E-state index in [-0.39, 0.29) is 44.8 Å². The van der Waals surface area contributed by atoms with E-state index in [9.17, 15) is 26.3 Å². The second kappa shape index (κ2) is 19.1. The second-order valence-electron chi connectivity index (χ2n) is 8.47. The molecule has 0 radical (unpaired) electrons. The Morgan fingerprint density at radius 1 is 0.587 bits per heavy atom. The molecular weight excluding hydrogens is 848 g/mol. The molecule has 0 saturated carbocycles. The summed E-state index contributed by atoms with van der Waals surface area (Å²) in [5.41, 5.74) is 4.28. The monoisotopic (exact) mass is 867 g/mol. The summed E-state index contributed by atoms with van der Waals surface area (Å²) in [6.07, 6.45) is -6.46. The van der Waals surface area contributed by atoms with E-state index in [4.69, 9.17) is 24.8 Å². The average Bonchev–Trinajstić information content (AvgIpc) is 2.99. The Morgan fingerprint density at radius 2 is 0.913 bits per heavy atom. The number of benzene rings is 2. The van der Waals surface area contributed by atoms with E-state index in [1.165, 1.54) is 20.6 Å². The van der Waals surface area contributed by atoms with Crippen molar-refractivity contribution in [2.24, 2.45) is 0 Å². The van der Waals surface area contributed by atoms with Crippen molar-refractivity contribution in [1.29, 1.82) is 0 Å². The predicted octanol–water partition coefficient (Wildman–Crippen LogP) is 8.02. The molecule has 2 aromatic carbocycles. The maximum absolute atomic E-state index is 10.6. The molecule has 250 valence electrons. The number of aliphatic carboxylic acids is 2. The molecule has 0 amide bonds. The Kier molecular flexibility index (Phi) is 17.0. The van der Waals surface area contributed by atoms with E-state index < -0.39 is 24.3 Å². The molecule has 0 atom stereocenters. The van der Waals surface area contributed by atoms with E-state index in [1.54, 1.807) is 23.5 Å². The van der Waals surface area contributed by atoms with Crippen LogP contribution in [0.25, 0.3) is 21.8 Å². The Bertz CT molecular complexity index is 1610. The van der Waals surface area contributed by atoms with Gasteiger partial charge in [-0.25, -0.2) is 9.59 Å². The number of hydrogen-bond acceptors (Lipinski definition) is 7. The van der Waals surface area contributed by atoms with Crippen LogP contribution in [0.5, 0.6) is 0 Å². The molecule has 0 bridgehead atoms. The van der Waals surface area contributed by atoms with Crippen molar-refractivity contribution in [2.75, 3.05) is 0 Å². The molecule has 0 unspecified atom stereocenters. The summed E-state index contributed by atoms with van der Waals surface area (Å²) in [4.78, 5) is 34.2. The molecular formula is C29H21Ag2F6N3O4S2+2. The number of pyridine rings is 3. The number of halogens is 6. The van der Waals surface area contributed by atoms with Gasteiger partial charge in [0.25, 0.3) is 0 Å². The summed E-state index contributed by atoms with van der Waals surface area (Å²) in [6.45, 7) is 0. The normalized spacial score (nSPS) is 10.7. The number of hydrogen-bond donors (Lipinski definition) is 2.